The number of morpholine rings is 1. The van der Waals surface area contributed by atoms with Crippen LogP contribution in [0.2, 0.25) is 0 Å². The first-order chi connectivity index (χ1) is 10.7. The van der Waals surface area contributed by atoms with Crippen molar-refractivity contribution in [2.24, 2.45) is 0 Å². The minimum atomic E-state index is 0.597. The Hall–Kier alpha value is -1.37. The van der Waals surface area contributed by atoms with Crippen molar-refractivity contribution in [3.63, 3.8) is 0 Å². The van der Waals surface area contributed by atoms with E-state index in [-0.39, 0.29) is 0 Å². The first kappa shape index (κ1) is 17.0. The number of nitrogens with one attached hydrogen (secondary N) is 3. The second kappa shape index (κ2) is 9.61. The van der Waals surface area contributed by atoms with Crippen LogP contribution < -0.4 is 20.3 Å². The molecule has 0 atom stereocenters. The highest BCUT2D eigenvalue weighted by molar-refractivity contribution is 7.80. The molecule has 6 heteroatoms. The van der Waals surface area contributed by atoms with Gasteiger partial charge in [0.15, 0.2) is 5.11 Å². The topological polar surface area (TPSA) is 47.0 Å². The molecule has 0 aliphatic carbocycles. The number of thiocarbonyl (C=S) groups is 1. The van der Waals surface area contributed by atoms with Gasteiger partial charge in [0.05, 0.1) is 32.8 Å². The van der Waals surface area contributed by atoms with Gasteiger partial charge >= 0.3 is 0 Å². The molecule has 0 bridgehead atoms. The summed E-state index contributed by atoms with van der Waals surface area (Å²) in [5, 5.41) is 7.10. The van der Waals surface area contributed by atoms with E-state index in [1.807, 2.05) is 24.3 Å². The van der Waals surface area contributed by atoms with Crippen LogP contribution >= 0.6 is 12.2 Å². The van der Waals surface area contributed by atoms with Crippen LogP contribution in [0.25, 0.3) is 0 Å². The van der Waals surface area contributed by atoms with Gasteiger partial charge in [-0.05, 0) is 31.3 Å². The number of quaternary nitrogens is 1. The average molecular weight is 324 g/mol. The van der Waals surface area contributed by atoms with Crippen molar-refractivity contribution in [2.75, 3.05) is 52.5 Å². The highest BCUT2D eigenvalue weighted by atomic mass is 32.1. The van der Waals surface area contributed by atoms with Crippen LogP contribution in [-0.4, -0.2) is 57.7 Å². The van der Waals surface area contributed by atoms with Gasteiger partial charge in [-0.25, -0.2) is 0 Å². The minimum Gasteiger partial charge on any atom is -0.492 e. The summed E-state index contributed by atoms with van der Waals surface area (Å²) in [4.78, 5) is 1.57. The molecule has 1 heterocycles. The van der Waals surface area contributed by atoms with Gasteiger partial charge in [-0.3, -0.25) is 0 Å². The summed E-state index contributed by atoms with van der Waals surface area (Å²) in [5.74, 6) is 0.891. The van der Waals surface area contributed by atoms with Crippen molar-refractivity contribution < 1.29 is 14.4 Å². The minimum absolute atomic E-state index is 0.597. The molecule has 0 amide bonds. The molecule has 1 aromatic carbocycles. The lowest BCUT2D eigenvalue weighted by Gasteiger charge is -2.24. The molecule has 0 radical (unpaired) electrons. The van der Waals surface area contributed by atoms with E-state index in [2.05, 4.69) is 17.6 Å². The maximum Gasteiger partial charge on any atom is 0.166 e. The molecule has 0 unspecified atom stereocenters. The predicted octanol–water partition coefficient (Wildman–Crippen LogP) is -0.247. The van der Waals surface area contributed by atoms with E-state index in [0.29, 0.717) is 18.3 Å². The van der Waals surface area contributed by atoms with Gasteiger partial charge < -0.3 is 25.0 Å². The molecular weight excluding hydrogens is 298 g/mol. The molecule has 3 N–H and O–H groups in total. The number of hydrogen-bond acceptors (Lipinski definition) is 3. The zero-order valence-electron chi connectivity index (χ0n) is 13.2. The van der Waals surface area contributed by atoms with Crippen LogP contribution in [0.4, 0.5) is 0 Å². The first-order valence-electron chi connectivity index (χ1n) is 7.86. The van der Waals surface area contributed by atoms with Crippen LogP contribution in [0.3, 0.4) is 0 Å². The standard InChI is InChI=1S/C16H25N3O2S/c1-14-2-4-15(5-3-14)21-11-7-18-16(22)17-6-8-19-9-12-20-13-10-19/h2-5H,6-13H2,1H3,(H2,17,18,22)/p+1. The zero-order chi connectivity index (χ0) is 15.6. The maximum absolute atomic E-state index is 5.64. The molecule has 1 aliphatic rings. The van der Waals surface area contributed by atoms with E-state index in [0.717, 1.165) is 45.1 Å². The summed E-state index contributed by atoms with van der Waals surface area (Å²) in [6.07, 6.45) is 0. The van der Waals surface area contributed by atoms with E-state index in [4.69, 9.17) is 21.7 Å². The molecule has 5 nitrogen and oxygen atoms in total. The zero-order valence-corrected chi connectivity index (χ0v) is 14.0. The third-order valence-electron chi connectivity index (χ3n) is 3.64. The summed E-state index contributed by atoms with van der Waals surface area (Å²) in [6.45, 7) is 9.24. The van der Waals surface area contributed by atoms with Crippen LogP contribution in [0.1, 0.15) is 5.56 Å². The molecule has 0 spiro atoms. The van der Waals surface area contributed by atoms with Crippen LogP contribution in [0.15, 0.2) is 24.3 Å². The predicted molar refractivity (Wildman–Crippen MR) is 91.7 cm³/mol. The van der Waals surface area contributed by atoms with Crippen molar-refractivity contribution in [3.8, 4) is 5.75 Å². The summed E-state index contributed by atoms with van der Waals surface area (Å²) < 4.78 is 11.0. The smallest absolute Gasteiger partial charge is 0.166 e. The van der Waals surface area contributed by atoms with Gasteiger partial charge in [0.25, 0.3) is 0 Å². The van der Waals surface area contributed by atoms with E-state index < -0.39 is 0 Å². The molecule has 122 valence electrons. The van der Waals surface area contributed by atoms with Gasteiger partial charge in [-0.2, -0.15) is 0 Å². The Bertz CT molecular complexity index is 447. The Morgan fingerprint density at radius 3 is 2.59 bits per heavy atom. The number of ether oxygens (including phenoxy) is 2. The van der Waals surface area contributed by atoms with Crippen molar-refractivity contribution in [3.05, 3.63) is 29.8 Å². The Balaban J connectivity index is 1.49. The van der Waals surface area contributed by atoms with Crippen LogP contribution in [0, 0.1) is 6.92 Å². The molecule has 1 aliphatic heterocycles. The van der Waals surface area contributed by atoms with E-state index in [1.165, 1.54) is 5.56 Å². The molecule has 0 saturated carbocycles. The van der Waals surface area contributed by atoms with Crippen LogP contribution in [0.5, 0.6) is 5.75 Å². The second-order valence-corrected chi connectivity index (χ2v) is 5.86. The Kier molecular flexibility index (Phi) is 7.42. The normalized spacial score (nSPS) is 15.3. The lowest BCUT2D eigenvalue weighted by atomic mass is 10.2. The molecule has 1 fully saturated rings. The van der Waals surface area contributed by atoms with Crippen molar-refractivity contribution in [1.82, 2.24) is 10.6 Å². The Labute approximate surface area is 138 Å². The van der Waals surface area contributed by atoms with Crippen molar-refractivity contribution in [2.45, 2.75) is 6.92 Å². The van der Waals surface area contributed by atoms with Gasteiger partial charge in [-0.1, -0.05) is 17.7 Å². The highest BCUT2D eigenvalue weighted by Crippen LogP contribution is 2.10. The highest BCUT2D eigenvalue weighted by Gasteiger charge is 2.12. The molecule has 0 aromatic heterocycles. The summed E-state index contributed by atoms with van der Waals surface area (Å²) in [7, 11) is 0. The lowest BCUT2D eigenvalue weighted by Crippen LogP contribution is -3.14. The van der Waals surface area contributed by atoms with E-state index in [9.17, 15) is 0 Å². The van der Waals surface area contributed by atoms with E-state index >= 15 is 0 Å². The third kappa shape index (κ3) is 6.60. The number of benzene rings is 1. The van der Waals surface area contributed by atoms with Gasteiger partial charge in [-0.15, -0.1) is 0 Å². The van der Waals surface area contributed by atoms with E-state index in [1.54, 1.807) is 4.90 Å². The molecule has 1 aromatic rings. The number of aryl methyl sites for hydroxylation is 1. The quantitative estimate of drug-likeness (QED) is 0.477. The monoisotopic (exact) mass is 324 g/mol. The Morgan fingerprint density at radius 2 is 1.86 bits per heavy atom. The van der Waals surface area contributed by atoms with Crippen LogP contribution in [-0.2, 0) is 4.74 Å². The fourth-order valence-electron chi connectivity index (χ4n) is 2.29. The van der Waals surface area contributed by atoms with Gasteiger partial charge in [0, 0.05) is 0 Å². The maximum atomic E-state index is 5.64. The second-order valence-electron chi connectivity index (χ2n) is 5.46. The lowest BCUT2D eigenvalue weighted by molar-refractivity contribution is -0.906. The van der Waals surface area contributed by atoms with Crippen molar-refractivity contribution in [1.29, 1.82) is 0 Å². The number of rotatable bonds is 7. The number of hydrogen-bond donors (Lipinski definition) is 3. The molecule has 1 saturated heterocycles. The van der Waals surface area contributed by atoms with Gasteiger partial charge in [0.1, 0.15) is 25.4 Å². The van der Waals surface area contributed by atoms with Crippen molar-refractivity contribution >= 4 is 17.3 Å². The first-order valence-corrected chi connectivity index (χ1v) is 8.27. The largest absolute Gasteiger partial charge is 0.492 e. The average Bonchev–Trinajstić information content (AvgIpc) is 2.54. The third-order valence-corrected chi connectivity index (χ3v) is 3.93. The molecule has 2 rings (SSSR count). The summed E-state index contributed by atoms with van der Waals surface area (Å²) in [5.41, 5.74) is 1.23. The Morgan fingerprint density at radius 1 is 1.18 bits per heavy atom. The van der Waals surface area contributed by atoms with Gasteiger partial charge in [0.2, 0.25) is 0 Å². The molecule has 22 heavy (non-hydrogen) atoms. The summed E-state index contributed by atoms with van der Waals surface area (Å²) >= 11 is 5.26. The SMILES string of the molecule is Cc1ccc(OCCNC(=S)NCC[NH+]2CCOCC2)cc1. The summed E-state index contributed by atoms with van der Waals surface area (Å²) in [6, 6.07) is 8.06. The fourth-order valence-corrected chi connectivity index (χ4v) is 2.50. The fraction of sp³-hybridized carbons (Fsp3) is 0.562. The molecular formula is C16H26N3O2S+.